The van der Waals surface area contributed by atoms with E-state index in [9.17, 15) is 20.1 Å². The van der Waals surface area contributed by atoms with Crippen LogP contribution in [0.4, 0.5) is 10.8 Å². The van der Waals surface area contributed by atoms with Crippen molar-refractivity contribution in [2.45, 2.75) is 58.0 Å². The van der Waals surface area contributed by atoms with Gasteiger partial charge in [0.15, 0.2) is 16.6 Å². The standard InChI is InChI=1S/C32H41N3O6S/c1-31-12-10-27(38)32(2,18-36)26(31)17-25-29(35-30(42-25)34-20-6-5-7-21(37)15-20)22(31)16-28(39)33-13-11-19-8-9-23(40-3)24(14-19)41-4/h5-9,14-15,22,26-27,36-38H,10-13,16-18H2,1-4H3,(H,33,39)(H,34,35). The number of rotatable bonds is 10. The molecule has 42 heavy (non-hydrogen) atoms. The molecular formula is C32H41N3O6S. The van der Waals surface area contributed by atoms with Crippen LogP contribution < -0.4 is 20.1 Å². The average Bonchev–Trinajstić information content (AvgIpc) is 3.38. The van der Waals surface area contributed by atoms with Crippen LogP contribution in [0.1, 0.15) is 55.2 Å². The summed E-state index contributed by atoms with van der Waals surface area (Å²) in [7, 11) is 3.20. The second-order valence-electron chi connectivity index (χ2n) is 12.0. The Morgan fingerprint density at radius 2 is 1.93 bits per heavy atom. The molecule has 9 nitrogen and oxygen atoms in total. The maximum absolute atomic E-state index is 13.5. The molecule has 0 saturated heterocycles. The van der Waals surface area contributed by atoms with Gasteiger partial charge in [0, 0.05) is 40.9 Å². The molecule has 5 rings (SSSR count). The van der Waals surface area contributed by atoms with E-state index in [4.69, 9.17) is 14.5 Å². The van der Waals surface area contributed by atoms with Gasteiger partial charge in [-0.1, -0.05) is 26.0 Å². The molecule has 5 atom stereocenters. The molecule has 0 radical (unpaired) electrons. The van der Waals surface area contributed by atoms with E-state index in [0.29, 0.717) is 42.4 Å². The number of benzene rings is 2. The Morgan fingerprint density at radius 1 is 1.14 bits per heavy atom. The molecule has 3 aromatic rings. The number of nitrogens with one attached hydrogen (secondary N) is 2. The first-order valence-electron chi connectivity index (χ1n) is 14.4. The second kappa shape index (κ2) is 12.1. The van der Waals surface area contributed by atoms with Gasteiger partial charge in [-0.25, -0.2) is 4.98 Å². The van der Waals surface area contributed by atoms with Crippen molar-refractivity contribution in [1.29, 1.82) is 0 Å². The number of carbonyl (C=O) groups is 1. The van der Waals surface area contributed by atoms with E-state index < -0.39 is 11.5 Å². The zero-order chi connectivity index (χ0) is 30.1. The molecule has 2 aliphatic rings. The molecule has 2 aliphatic carbocycles. The van der Waals surface area contributed by atoms with Crippen molar-refractivity contribution in [3.05, 3.63) is 58.6 Å². The number of aromatic nitrogens is 1. The first-order valence-corrected chi connectivity index (χ1v) is 15.2. The lowest BCUT2D eigenvalue weighted by Gasteiger charge is -2.58. The summed E-state index contributed by atoms with van der Waals surface area (Å²) in [5.41, 5.74) is 1.65. The van der Waals surface area contributed by atoms with Crippen LogP contribution in [0.3, 0.4) is 0 Å². The Kier molecular flexibility index (Phi) is 8.68. The molecule has 0 spiro atoms. The molecule has 0 aliphatic heterocycles. The van der Waals surface area contributed by atoms with Gasteiger partial charge in [-0.15, -0.1) is 11.3 Å². The number of thiazole rings is 1. The maximum Gasteiger partial charge on any atom is 0.220 e. The summed E-state index contributed by atoms with van der Waals surface area (Å²) < 4.78 is 10.7. The summed E-state index contributed by atoms with van der Waals surface area (Å²) in [6, 6.07) is 12.6. The minimum absolute atomic E-state index is 0.0233. The average molecular weight is 596 g/mol. The highest BCUT2D eigenvalue weighted by atomic mass is 32.1. The van der Waals surface area contributed by atoms with Gasteiger partial charge in [0.1, 0.15) is 5.75 Å². The largest absolute Gasteiger partial charge is 0.508 e. The molecule has 1 amide bonds. The van der Waals surface area contributed by atoms with E-state index in [1.165, 1.54) is 11.3 Å². The van der Waals surface area contributed by atoms with Crippen LogP contribution in [0.25, 0.3) is 0 Å². The van der Waals surface area contributed by atoms with Crippen LogP contribution in [-0.2, 0) is 17.6 Å². The van der Waals surface area contributed by atoms with Gasteiger partial charge in [-0.3, -0.25) is 4.79 Å². The Balaban J connectivity index is 1.38. The molecule has 1 aromatic heterocycles. The minimum Gasteiger partial charge on any atom is -0.508 e. The number of aliphatic hydroxyl groups is 2. The van der Waals surface area contributed by atoms with Crippen molar-refractivity contribution in [2.24, 2.45) is 16.7 Å². The van der Waals surface area contributed by atoms with E-state index in [-0.39, 0.29) is 41.9 Å². The van der Waals surface area contributed by atoms with Crippen LogP contribution in [-0.4, -0.2) is 59.7 Å². The smallest absolute Gasteiger partial charge is 0.220 e. The van der Waals surface area contributed by atoms with E-state index in [2.05, 4.69) is 17.6 Å². The fourth-order valence-electron chi connectivity index (χ4n) is 7.05. The lowest BCUT2D eigenvalue weighted by molar-refractivity contribution is -0.144. The fraction of sp³-hybridized carbons (Fsp3) is 0.500. The number of hydrogen-bond acceptors (Lipinski definition) is 9. The zero-order valence-corrected chi connectivity index (χ0v) is 25.5. The number of phenolic OH excluding ortho intramolecular Hbond substituents is 1. The third-order valence-electron chi connectivity index (χ3n) is 9.56. The molecular weight excluding hydrogens is 554 g/mol. The van der Waals surface area contributed by atoms with Crippen LogP contribution >= 0.6 is 11.3 Å². The highest BCUT2D eigenvalue weighted by Gasteiger charge is 2.59. The number of carbonyl (C=O) groups excluding carboxylic acids is 1. The van der Waals surface area contributed by atoms with Crippen molar-refractivity contribution in [1.82, 2.24) is 10.3 Å². The van der Waals surface area contributed by atoms with Gasteiger partial charge in [0.2, 0.25) is 5.91 Å². The Bertz CT molecular complexity index is 1430. The Morgan fingerprint density at radius 3 is 2.64 bits per heavy atom. The van der Waals surface area contributed by atoms with Crippen molar-refractivity contribution in [3.63, 3.8) is 0 Å². The first-order chi connectivity index (χ1) is 20.1. The van der Waals surface area contributed by atoms with Gasteiger partial charge < -0.3 is 35.4 Å². The summed E-state index contributed by atoms with van der Waals surface area (Å²) >= 11 is 1.53. The number of amides is 1. The SMILES string of the molecule is COc1ccc(CCNC(=O)CC2c3nc(Nc4cccc(O)c4)sc3CC3C(C)(CO)C(O)CCC23C)cc1OC. The number of hydrogen-bond donors (Lipinski definition) is 5. The van der Waals surface area contributed by atoms with Crippen LogP contribution in [0.15, 0.2) is 42.5 Å². The van der Waals surface area contributed by atoms with Crippen molar-refractivity contribution in [3.8, 4) is 17.2 Å². The number of fused-ring (bicyclic) bond motifs is 2. The first kappa shape index (κ1) is 30.1. The summed E-state index contributed by atoms with van der Waals surface area (Å²) in [6.45, 7) is 4.52. The predicted molar refractivity (Wildman–Crippen MR) is 163 cm³/mol. The highest BCUT2D eigenvalue weighted by Crippen LogP contribution is 2.62. The van der Waals surface area contributed by atoms with Crippen LogP contribution in [0.5, 0.6) is 17.2 Å². The topological polar surface area (TPSA) is 133 Å². The highest BCUT2D eigenvalue weighted by molar-refractivity contribution is 7.15. The number of aromatic hydroxyl groups is 1. The maximum atomic E-state index is 13.5. The molecule has 226 valence electrons. The van der Waals surface area contributed by atoms with Gasteiger partial charge >= 0.3 is 0 Å². The summed E-state index contributed by atoms with van der Waals surface area (Å²) in [5.74, 6) is 1.22. The number of ether oxygens (including phenoxy) is 2. The second-order valence-corrected chi connectivity index (χ2v) is 13.1. The Labute approximate surface area is 250 Å². The minimum atomic E-state index is -0.685. The lowest BCUT2D eigenvalue weighted by atomic mass is 9.47. The van der Waals surface area contributed by atoms with E-state index >= 15 is 0 Å². The summed E-state index contributed by atoms with van der Waals surface area (Å²) in [5, 5.41) is 38.5. The summed E-state index contributed by atoms with van der Waals surface area (Å²) in [4.78, 5) is 19.5. The lowest BCUT2D eigenvalue weighted by Crippen LogP contribution is -2.57. The number of anilines is 2. The van der Waals surface area contributed by atoms with E-state index in [0.717, 1.165) is 28.2 Å². The molecule has 5 unspecified atom stereocenters. The van der Waals surface area contributed by atoms with Gasteiger partial charge in [-0.05, 0) is 66.8 Å². The van der Waals surface area contributed by atoms with Crippen LogP contribution in [0.2, 0.25) is 0 Å². The van der Waals surface area contributed by atoms with Gasteiger partial charge in [0.05, 0.1) is 32.6 Å². The fourth-order valence-corrected chi connectivity index (χ4v) is 8.14. The number of phenols is 1. The molecule has 2 aromatic carbocycles. The molecule has 10 heteroatoms. The number of aliphatic hydroxyl groups excluding tert-OH is 2. The van der Waals surface area contributed by atoms with Crippen molar-refractivity contribution >= 4 is 28.1 Å². The monoisotopic (exact) mass is 595 g/mol. The number of methoxy groups -OCH3 is 2. The molecule has 1 heterocycles. The van der Waals surface area contributed by atoms with Crippen LogP contribution in [0, 0.1) is 16.7 Å². The quantitative estimate of drug-likeness (QED) is 0.226. The van der Waals surface area contributed by atoms with E-state index in [1.807, 2.05) is 31.2 Å². The summed E-state index contributed by atoms with van der Waals surface area (Å²) in [6.07, 6.45) is 2.27. The Hall–Kier alpha value is -3.34. The molecule has 0 bridgehead atoms. The van der Waals surface area contributed by atoms with E-state index in [1.54, 1.807) is 32.4 Å². The molecule has 1 fully saturated rings. The van der Waals surface area contributed by atoms with Gasteiger partial charge in [-0.2, -0.15) is 0 Å². The predicted octanol–water partition coefficient (Wildman–Crippen LogP) is 4.77. The zero-order valence-electron chi connectivity index (χ0n) is 24.6. The number of nitrogens with zero attached hydrogens (tertiary/aromatic N) is 1. The normalized spacial score (nSPS) is 26.6. The van der Waals surface area contributed by atoms with Crippen molar-refractivity contribution < 1.29 is 29.6 Å². The van der Waals surface area contributed by atoms with Gasteiger partial charge in [0.25, 0.3) is 0 Å². The molecule has 1 saturated carbocycles. The molecule has 5 N–H and O–H groups in total. The third-order valence-corrected chi connectivity index (χ3v) is 10.6. The van der Waals surface area contributed by atoms with Crippen molar-refractivity contribution in [2.75, 3.05) is 32.7 Å². The third kappa shape index (κ3) is 5.67.